The Kier molecular flexibility index (Phi) is 3.43. The van der Waals surface area contributed by atoms with Crippen LogP contribution in [-0.2, 0) is 4.79 Å². The summed E-state index contributed by atoms with van der Waals surface area (Å²) in [6.07, 6.45) is 2.61. The van der Waals surface area contributed by atoms with Crippen LogP contribution in [0.5, 0.6) is 0 Å². The largest absolute Gasteiger partial charge is 0.303 e. The third-order valence-corrected chi connectivity index (χ3v) is 0.407. The van der Waals surface area contributed by atoms with Gasteiger partial charge in [0.1, 0.15) is 6.29 Å². The van der Waals surface area contributed by atoms with Crippen molar-refractivity contribution >= 4 is 6.29 Å². The van der Waals surface area contributed by atoms with E-state index in [1.54, 1.807) is 0 Å². The Morgan fingerprint density at radius 1 is 2.00 bits per heavy atom. The van der Waals surface area contributed by atoms with E-state index in [2.05, 4.69) is 0 Å². The number of carbonyl (C=O) groups is 1. The molecule has 0 bridgehead atoms. The van der Waals surface area contributed by atoms with Crippen LogP contribution in [0, 0.1) is 0 Å². The molecule has 0 aliphatic heterocycles. The molecule has 1 radical (unpaired) electrons. The molecular weight excluding hydrogens is 64.0 g/mol. The van der Waals surface area contributed by atoms with E-state index in [1.807, 2.05) is 6.92 Å². The van der Waals surface area contributed by atoms with Crippen LogP contribution in [0.25, 0.3) is 0 Å². The van der Waals surface area contributed by atoms with Gasteiger partial charge in [-0.2, -0.15) is 0 Å². The standard InChI is InChI=1S/C4H8O.H/c1-2-3-4-5;/h4H,2-3H2,1H3;. The van der Waals surface area contributed by atoms with E-state index in [0.717, 1.165) is 12.7 Å². The lowest BCUT2D eigenvalue weighted by molar-refractivity contribution is -0.107. The second-order valence-electron chi connectivity index (χ2n) is 0.955. The molecule has 0 saturated heterocycles. The molecule has 0 aromatic carbocycles. The molecule has 5 heavy (non-hydrogen) atoms. The van der Waals surface area contributed by atoms with Gasteiger partial charge in [0.2, 0.25) is 0 Å². The quantitative estimate of drug-likeness (QED) is 0.447. The number of hydrogen-bond acceptors (Lipinski definition) is 1. The van der Waals surface area contributed by atoms with Gasteiger partial charge in [-0.25, -0.2) is 0 Å². The lowest BCUT2D eigenvalue weighted by Gasteiger charge is -1.68. The predicted octanol–water partition coefficient (Wildman–Crippen LogP) is 1.10. The Labute approximate surface area is 33.5 Å². The normalized spacial score (nSPS) is 7.40. The fourth-order valence-electron chi connectivity index (χ4n) is 0.118. The molecule has 0 aromatic rings. The summed E-state index contributed by atoms with van der Waals surface area (Å²) >= 11 is 0. The summed E-state index contributed by atoms with van der Waals surface area (Å²) in [5, 5.41) is 0. The van der Waals surface area contributed by atoms with Crippen molar-refractivity contribution in [2.45, 2.75) is 19.8 Å². The molecule has 0 saturated carbocycles. The van der Waals surface area contributed by atoms with Gasteiger partial charge in [-0.1, -0.05) is 6.92 Å². The summed E-state index contributed by atoms with van der Waals surface area (Å²) in [6, 6.07) is 0. The van der Waals surface area contributed by atoms with Crippen LogP contribution in [0.2, 0.25) is 0 Å². The second-order valence-corrected chi connectivity index (χ2v) is 0.955. The van der Waals surface area contributed by atoms with E-state index in [9.17, 15) is 4.79 Å². The summed E-state index contributed by atoms with van der Waals surface area (Å²) in [5.41, 5.74) is 0. The monoisotopic (exact) mass is 73.1 g/mol. The number of unbranched alkanes of at least 4 members (excludes halogenated alkanes) is 1. The second kappa shape index (κ2) is 3.67. The molecule has 0 aliphatic rings. The third kappa shape index (κ3) is 3.67. The molecule has 0 aromatic heterocycles. The first-order valence-corrected chi connectivity index (χ1v) is 1.85. The number of hydrogen-bond donors (Lipinski definition) is 0. The van der Waals surface area contributed by atoms with Gasteiger partial charge >= 0.3 is 0 Å². The van der Waals surface area contributed by atoms with Crippen molar-refractivity contribution in [3.05, 3.63) is 0 Å². The van der Waals surface area contributed by atoms with Crippen molar-refractivity contribution < 1.29 is 6.22 Å². The molecule has 1 heteroatoms. The van der Waals surface area contributed by atoms with Gasteiger partial charge < -0.3 is 4.79 Å². The Bertz CT molecular complexity index is 28.7. The van der Waals surface area contributed by atoms with Gasteiger partial charge in [0.15, 0.2) is 0 Å². The van der Waals surface area contributed by atoms with E-state index in [1.165, 1.54) is 0 Å². The molecule has 0 amide bonds. The summed E-state index contributed by atoms with van der Waals surface area (Å²) in [6.45, 7) is 1.98. The van der Waals surface area contributed by atoms with Crippen molar-refractivity contribution in [1.29, 1.82) is 0 Å². The first kappa shape index (κ1) is 4.67. The fraction of sp³-hybridized carbons (Fsp3) is 0.750. The fourth-order valence-corrected chi connectivity index (χ4v) is 0.118. The Morgan fingerprint density at radius 2 is 2.60 bits per heavy atom. The number of aldehydes is 1. The molecule has 31 valence electrons. The summed E-state index contributed by atoms with van der Waals surface area (Å²) in [7, 11) is 0. The molecule has 0 aliphatic carbocycles. The van der Waals surface area contributed by atoms with Gasteiger partial charge in [0.05, 0.1) is 0 Å². The van der Waals surface area contributed by atoms with Crippen LogP contribution in [-0.4, -0.2) is 6.29 Å². The van der Waals surface area contributed by atoms with Crippen molar-refractivity contribution in [3.63, 3.8) is 0 Å². The average Bonchev–Trinajstić information content (AvgIpc) is 1.41. The van der Waals surface area contributed by atoms with Gasteiger partial charge in [0, 0.05) is 7.85 Å². The predicted molar refractivity (Wildman–Crippen MR) is 22.1 cm³/mol. The molecule has 0 N–H and O–H groups in total. The van der Waals surface area contributed by atoms with Gasteiger partial charge in [0.25, 0.3) is 0 Å². The molecule has 0 atom stereocenters. The van der Waals surface area contributed by atoms with Crippen LogP contribution in [0.1, 0.15) is 21.2 Å². The Morgan fingerprint density at radius 3 is 2.60 bits per heavy atom. The molecule has 0 spiro atoms. The zero-order valence-electron chi connectivity index (χ0n) is 4.40. The van der Waals surface area contributed by atoms with Gasteiger partial charge in [-0.3, -0.25) is 0 Å². The third-order valence-electron chi connectivity index (χ3n) is 0.407. The lowest BCUT2D eigenvalue weighted by atomic mass is 10.4. The molecule has 0 rings (SSSR count). The minimum Gasteiger partial charge on any atom is -0.303 e. The van der Waals surface area contributed by atoms with Crippen LogP contribution in [0.15, 0.2) is 0 Å². The first-order valence-electron chi connectivity index (χ1n) is 1.85. The molecule has 1 nitrogen and oxygen atoms in total. The molecule has 0 unspecified atom stereocenters. The number of carbonyl (C=O) groups excluding carboxylic acids is 1. The van der Waals surface area contributed by atoms with Crippen molar-refractivity contribution in [2.75, 3.05) is 0 Å². The first-order chi connectivity index (χ1) is 2.41. The topological polar surface area (TPSA) is 17.1 Å². The minimum absolute atomic E-state index is 0. The van der Waals surface area contributed by atoms with Gasteiger partial charge in [-0.15, -0.1) is 0 Å². The highest BCUT2D eigenvalue weighted by atomic mass is 16.1. The van der Waals surface area contributed by atoms with Crippen molar-refractivity contribution in [3.8, 4) is 0 Å². The minimum atomic E-state index is 0. The van der Waals surface area contributed by atoms with Gasteiger partial charge in [-0.05, 0) is 6.42 Å². The van der Waals surface area contributed by atoms with Crippen LogP contribution in [0.4, 0.5) is 0 Å². The molecular formula is C4H9O. The van der Waals surface area contributed by atoms with E-state index in [4.69, 9.17) is 0 Å². The average molecular weight is 73.1 g/mol. The lowest BCUT2D eigenvalue weighted by Crippen LogP contribution is -1.64. The van der Waals surface area contributed by atoms with Crippen LogP contribution in [0.3, 0.4) is 0 Å². The van der Waals surface area contributed by atoms with Crippen LogP contribution >= 0.6 is 0 Å². The number of rotatable bonds is 2. The highest BCUT2D eigenvalue weighted by Gasteiger charge is 1.66. The molecule has 0 fully saturated rings. The zero-order chi connectivity index (χ0) is 4.12. The highest BCUT2D eigenvalue weighted by molar-refractivity contribution is 5.48. The summed E-state index contributed by atoms with van der Waals surface area (Å²) in [4.78, 5) is 9.40. The van der Waals surface area contributed by atoms with E-state index in [0.29, 0.717) is 6.42 Å². The SMILES string of the molecule is CCCC=O.[H]. The van der Waals surface area contributed by atoms with E-state index < -0.39 is 0 Å². The van der Waals surface area contributed by atoms with E-state index in [-0.39, 0.29) is 1.43 Å². The van der Waals surface area contributed by atoms with Crippen molar-refractivity contribution in [1.82, 2.24) is 0 Å². The maximum Gasteiger partial charge on any atom is 0.119 e. The summed E-state index contributed by atoms with van der Waals surface area (Å²) < 4.78 is 0. The smallest absolute Gasteiger partial charge is 0.119 e. The van der Waals surface area contributed by atoms with Crippen molar-refractivity contribution in [2.24, 2.45) is 0 Å². The maximum atomic E-state index is 9.40. The maximum absolute atomic E-state index is 9.40. The zero-order valence-corrected chi connectivity index (χ0v) is 3.40. The molecule has 0 heterocycles. The van der Waals surface area contributed by atoms with E-state index >= 15 is 0 Å². The highest BCUT2D eigenvalue weighted by Crippen LogP contribution is 1.74. The Hall–Kier alpha value is -0.330. The summed E-state index contributed by atoms with van der Waals surface area (Å²) in [5.74, 6) is 0. The van der Waals surface area contributed by atoms with Crippen LogP contribution < -0.4 is 0 Å². The Balaban J connectivity index is 0.